The number of β-amino-alcohol motifs (C(OH)–C–C–N with tert-alkyl or cyclic N) is 1. The van der Waals surface area contributed by atoms with Crippen LogP contribution in [0.4, 0.5) is 0 Å². The summed E-state index contributed by atoms with van der Waals surface area (Å²) < 4.78 is 0. The summed E-state index contributed by atoms with van der Waals surface area (Å²) in [6, 6.07) is 3.53. The molecule has 1 spiro atoms. The van der Waals surface area contributed by atoms with E-state index in [0.717, 1.165) is 45.2 Å². The van der Waals surface area contributed by atoms with Crippen LogP contribution in [0.25, 0.3) is 0 Å². The van der Waals surface area contributed by atoms with Crippen molar-refractivity contribution >= 4 is 11.8 Å². The zero-order chi connectivity index (χ0) is 18.9. The van der Waals surface area contributed by atoms with Gasteiger partial charge in [0.15, 0.2) is 0 Å². The number of carbonyl (C=O) groups is 2. The van der Waals surface area contributed by atoms with Crippen LogP contribution in [-0.4, -0.2) is 64.0 Å². The Bertz CT molecular complexity index is 679. The van der Waals surface area contributed by atoms with E-state index < -0.39 is 6.10 Å². The van der Waals surface area contributed by atoms with Gasteiger partial charge in [-0.2, -0.15) is 0 Å². The fourth-order valence-electron chi connectivity index (χ4n) is 5.17. The van der Waals surface area contributed by atoms with Crippen LogP contribution in [0, 0.1) is 11.3 Å². The van der Waals surface area contributed by atoms with Crippen LogP contribution in [0.1, 0.15) is 55.3 Å². The number of aliphatic hydroxyl groups excluding tert-OH is 1. The van der Waals surface area contributed by atoms with Crippen molar-refractivity contribution in [1.82, 2.24) is 14.8 Å². The van der Waals surface area contributed by atoms with Crippen LogP contribution in [0.5, 0.6) is 0 Å². The molecule has 3 fully saturated rings. The molecule has 1 N–H and O–H groups in total. The standard InChI is InChI=1S/C21H29N3O3/c25-18-12-21(15-24(14-18)20(27)17-6-3-9-22-13-17)7-10-23(11-8-21)19(26)16-4-1-2-5-16/h3,6,9,13,16,18,25H,1-2,4-5,7-8,10-12,14-15H2. The lowest BCUT2D eigenvalue weighted by Gasteiger charge is -2.49. The van der Waals surface area contributed by atoms with Gasteiger partial charge >= 0.3 is 0 Å². The van der Waals surface area contributed by atoms with Gasteiger partial charge < -0.3 is 14.9 Å². The number of carbonyl (C=O) groups excluding carboxylic acids is 2. The van der Waals surface area contributed by atoms with Crippen molar-refractivity contribution in [2.45, 2.75) is 51.0 Å². The summed E-state index contributed by atoms with van der Waals surface area (Å²) >= 11 is 0. The third-order valence-electron chi connectivity index (χ3n) is 6.66. The van der Waals surface area contributed by atoms with Crippen molar-refractivity contribution in [3.05, 3.63) is 30.1 Å². The molecule has 1 unspecified atom stereocenters. The van der Waals surface area contributed by atoms with E-state index in [4.69, 9.17) is 0 Å². The van der Waals surface area contributed by atoms with E-state index >= 15 is 0 Å². The molecule has 3 aliphatic rings. The molecule has 2 aliphatic heterocycles. The summed E-state index contributed by atoms with van der Waals surface area (Å²) in [7, 11) is 0. The lowest BCUT2D eigenvalue weighted by atomic mass is 9.71. The topological polar surface area (TPSA) is 73.7 Å². The van der Waals surface area contributed by atoms with Crippen LogP contribution in [-0.2, 0) is 4.79 Å². The van der Waals surface area contributed by atoms with E-state index in [1.54, 1.807) is 29.4 Å². The Balaban J connectivity index is 1.41. The molecule has 1 atom stereocenters. The molecule has 6 nitrogen and oxygen atoms in total. The first-order valence-corrected chi connectivity index (χ1v) is 10.2. The Hall–Kier alpha value is -1.95. The first kappa shape index (κ1) is 18.4. The van der Waals surface area contributed by atoms with Gasteiger partial charge in [-0.05, 0) is 49.7 Å². The molecular weight excluding hydrogens is 342 g/mol. The SMILES string of the molecule is O=C(c1cccnc1)N1CC(O)CC2(CCN(C(=O)C3CCCC3)CC2)C1. The summed E-state index contributed by atoms with van der Waals surface area (Å²) in [5, 5.41) is 10.5. The van der Waals surface area contributed by atoms with Gasteiger partial charge in [0.05, 0.1) is 11.7 Å². The van der Waals surface area contributed by atoms with E-state index in [2.05, 4.69) is 4.98 Å². The number of aromatic nitrogens is 1. The molecule has 4 rings (SSSR count). The largest absolute Gasteiger partial charge is 0.391 e. The van der Waals surface area contributed by atoms with E-state index in [1.165, 1.54) is 12.8 Å². The van der Waals surface area contributed by atoms with E-state index in [9.17, 15) is 14.7 Å². The maximum absolute atomic E-state index is 12.8. The second kappa shape index (κ2) is 7.58. The predicted octanol–water partition coefficient (Wildman–Crippen LogP) is 2.09. The zero-order valence-corrected chi connectivity index (χ0v) is 15.8. The molecule has 27 heavy (non-hydrogen) atoms. The van der Waals surface area contributed by atoms with Gasteiger partial charge in [0.2, 0.25) is 5.91 Å². The number of hydrogen-bond donors (Lipinski definition) is 1. The van der Waals surface area contributed by atoms with E-state index in [1.807, 2.05) is 4.90 Å². The summed E-state index contributed by atoms with van der Waals surface area (Å²) in [4.78, 5) is 33.4. The molecule has 0 radical (unpaired) electrons. The van der Waals surface area contributed by atoms with Crippen LogP contribution in [0.2, 0.25) is 0 Å². The van der Waals surface area contributed by atoms with E-state index in [-0.39, 0.29) is 17.2 Å². The van der Waals surface area contributed by atoms with Crippen LogP contribution < -0.4 is 0 Å². The van der Waals surface area contributed by atoms with Crippen molar-refractivity contribution in [2.24, 2.45) is 11.3 Å². The second-order valence-corrected chi connectivity index (χ2v) is 8.59. The number of likely N-dealkylation sites (tertiary alicyclic amines) is 2. The van der Waals surface area contributed by atoms with E-state index in [0.29, 0.717) is 24.6 Å². The van der Waals surface area contributed by atoms with Crippen molar-refractivity contribution in [3.8, 4) is 0 Å². The highest BCUT2D eigenvalue weighted by molar-refractivity contribution is 5.94. The number of nitrogens with zero attached hydrogens (tertiary/aromatic N) is 3. The van der Waals surface area contributed by atoms with Crippen LogP contribution in [0.3, 0.4) is 0 Å². The summed E-state index contributed by atoms with van der Waals surface area (Å²) in [5.74, 6) is 0.479. The fraction of sp³-hybridized carbons (Fsp3) is 0.667. The Morgan fingerprint density at radius 2 is 1.89 bits per heavy atom. The van der Waals surface area contributed by atoms with Gasteiger partial charge in [0.1, 0.15) is 0 Å². The first-order valence-electron chi connectivity index (χ1n) is 10.2. The fourth-order valence-corrected chi connectivity index (χ4v) is 5.17. The van der Waals surface area contributed by atoms with Crippen molar-refractivity contribution in [3.63, 3.8) is 0 Å². The minimum atomic E-state index is -0.503. The minimum Gasteiger partial charge on any atom is -0.391 e. The van der Waals surface area contributed by atoms with Gasteiger partial charge in [-0.15, -0.1) is 0 Å². The number of rotatable bonds is 2. The van der Waals surface area contributed by atoms with Gasteiger partial charge in [0.25, 0.3) is 5.91 Å². The summed E-state index contributed by atoms with van der Waals surface area (Å²) in [5.41, 5.74) is 0.484. The number of hydrogen-bond acceptors (Lipinski definition) is 4. The molecule has 2 amide bonds. The summed E-state index contributed by atoms with van der Waals surface area (Å²) in [6.45, 7) is 2.53. The molecule has 0 aromatic carbocycles. The number of amides is 2. The molecule has 3 heterocycles. The number of pyridine rings is 1. The number of aliphatic hydroxyl groups is 1. The smallest absolute Gasteiger partial charge is 0.255 e. The molecule has 1 aromatic rings. The number of piperidine rings is 2. The normalized spacial score (nSPS) is 25.7. The molecule has 1 aromatic heterocycles. The first-order chi connectivity index (χ1) is 13.1. The predicted molar refractivity (Wildman–Crippen MR) is 101 cm³/mol. The maximum Gasteiger partial charge on any atom is 0.255 e. The molecule has 1 aliphatic carbocycles. The van der Waals surface area contributed by atoms with Crippen molar-refractivity contribution < 1.29 is 14.7 Å². The highest BCUT2D eigenvalue weighted by Gasteiger charge is 2.44. The highest BCUT2D eigenvalue weighted by Crippen LogP contribution is 2.41. The maximum atomic E-state index is 12.8. The van der Waals surface area contributed by atoms with Crippen molar-refractivity contribution in [2.75, 3.05) is 26.2 Å². The van der Waals surface area contributed by atoms with Crippen molar-refractivity contribution in [1.29, 1.82) is 0 Å². The Labute approximate surface area is 160 Å². The zero-order valence-electron chi connectivity index (χ0n) is 15.8. The molecule has 6 heteroatoms. The quantitative estimate of drug-likeness (QED) is 0.864. The minimum absolute atomic E-state index is 0.0642. The lowest BCUT2D eigenvalue weighted by Crippen LogP contribution is -2.56. The highest BCUT2D eigenvalue weighted by atomic mass is 16.3. The second-order valence-electron chi connectivity index (χ2n) is 8.59. The molecule has 0 bridgehead atoms. The average Bonchev–Trinajstić information content (AvgIpc) is 3.22. The van der Waals surface area contributed by atoms with Gasteiger partial charge in [-0.25, -0.2) is 0 Å². The van der Waals surface area contributed by atoms with Crippen LogP contribution >= 0.6 is 0 Å². The third kappa shape index (κ3) is 3.86. The van der Waals surface area contributed by atoms with Crippen LogP contribution in [0.15, 0.2) is 24.5 Å². The Morgan fingerprint density at radius 3 is 2.56 bits per heavy atom. The van der Waals surface area contributed by atoms with Gasteiger partial charge in [-0.3, -0.25) is 14.6 Å². The summed E-state index contributed by atoms with van der Waals surface area (Å²) in [6.07, 6.45) is 9.58. The molecule has 146 valence electrons. The molecular formula is C21H29N3O3. The van der Waals surface area contributed by atoms with Gasteiger partial charge in [-0.1, -0.05) is 12.8 Å². The third-order valence-corrected chi connectivity index (χ3v) is 6.66. The lowest BCUT2D eigenvalue weighted by molar-refractivity contribution is -0.139. The average molecular weight is 371 g/mol. The Morgan fingerprint density at radius 1 is 1.15 bits per heavy atom. The molecule has 1 saturated carbocycles. The van der Waals surface area contributed by atoms with Gasteiger partial charge in [0, 0.05) is 44.5 Å². The Kier molecular flexibility index (Phi) is 5.17. The monoisotopic (exact) mass is 371 g/mol. The molecule has 2 saturated heterocycles.